The molecule has 1 fully saturated rings. The Kier molecular flexibility index (Phi) is 2.48. The molecule has 0 bridgehead atoms. The topological polar surface area (TPSA) is 33.2 Å². The molecule has 0 unspecified atom stereocenters. The second kappa shape index (κ2) is 3.98. The van der Waals surface area contributed by atoms with Crippen LogP contribution in [0.25, 0.3) is 0 Å². The van der Waals surface area contributed by atoms with Gasteiger partial charge in [0.05, 0.1) is 0 Å². The third-order valence-corrected chi connectivity index (χ3v) is 3.78. The summed E-state index contributed by atoms with van der Waals surface area (Å²) in [4.78, 5) is 17.9. The van der Waals surface area contributed by atoms with Gasteiger partial charge in [-0.25, -0.2) is 0 Å². The summed E-state index contributed by atoms with van der Waals surface area (Å²) in [6.45, 7) is 2.05. The Morgan fingerprint density at radius 1 is 1.19 bits per heavy atom. The second-order valence-electron chi connectivity index (χ2n) is 4.82. The predicted octanol–water partition coefficient (Wildman–Crippen LogP) is 1.91. The summed E-state index contributed by atoms with van der Waals surface area (Å²) < 4.78 is 0. The van der Waals surface area contributed by atoms with Gasteiger partial charge < -0.3 is 0 Å². The molecular weight excluding hydrogens is 200 g/mol. The molecule has 0 N–H and O–H groups in total. The van der Waals surface area contributed by atoms with Gasteiger partial charge in [0, 0.05) is 44.4 Å². The molecule has 0 saturated heterocycles. The molecule has 2 heterocycles. The maximum absolute atomic E-state index is 11.2. The summed E-state index contributed by atoms with van der Waals surface area (Å²) in [6, 6.07) is 2.72. The highest BCUT2D eigenvalue weighted by atomic mass is 16.1. The van der Waals surface area contributed by atoms with Gasteiger partial charge in [-0.2, -0.15) is 0 Å². The van der Waals surface area contributed by atoms with Crippen LogP contribution >= 0.6 is 0 Å². The molecule has 1 aliphatic carbocycles. The zero-order valence-corrected chi connectivity index (χ0v) is 9.35. The highest BCUT2D eigenvalue weighted by Crippen LogP contribution is 2.29. The van der Waals surface area contributed by atoms with Crippen LogP contribution in [-0.4, -0.2) is 21.7 Å². The van der Waals surface area contributed by atoms with Crippen molar-refractivity contribution in [3.05, 3.63) is 29.6 Å². The zero-order chi connectivity index (χ0) is 11.0. The van der Waals surface area contributed by atoms with Crippen molar-refractivity contribution in [2.75, 3.05) is 0 Å². The van der Waals surface area contributed by atoms with Crippen molar-refractivity contribution in [2.45, 2.75) is 44.8 Å². The van der Waals surface area contributed by atoms with Crippen LogP contribution in [0.2, 0.25) is 0 Å². The van der Waals surface area contributed by atoms with E-state index in [0.29, 0.717) is 11.8 Å². The number of hydrogen-bond acceptors (Lipinski definition) is 3. The van der Waals surface area contributed by atoms with Gasteiger partial charge in [-0.15, -0.1) is 0 Å². The first-order valence-corrected chi connectivity index (χ1v) is 6.00. The van der Waals surface area contributed by atoms with Crippen LogP contribution in [-0.2, 0) is 17.9 Å². The fourth-order valence-corrected chi connectivity index (χ4v) is 2.79. The van der Waals surface area contributed by atoms with Gasteiger partial charge in [-0.05, 0) is 30.0 Å². The van der Waals surface area contributed by atoms with E-state index >= 15 is 0 Å². The predicted molar refractivity (Wildman–Crippen MR) is 60.7 cm³/mol. The van der Waals surface area contributed by atoms with Gasteiger partial charge in [0.15, 0.2) is 0 Å². The second-order valence-corrected chi connectivity index (χ2v) is 4.82. The van der Waals surface area contributed by atoms with Crippen molar-refractivity contribution in [1.29, 1.82) is 0 Å². The fourth-order valence-electron chi connectivity index (χ4n) is 2.79. The third kappa shape index (κ3) is 1.76. The zero-order valence-electron chi connectivity index (χ0n) is 9.35. The first kappa shape index (κ1) is 9.97. The van der Waals surface area contributed by atoms with Gasteiger partial charge >= 0.3 is 0 Å². The lowest BCUT2D eigenvalue weighted by atomic mass is 9.93. The van der Waals surface area contributed by atoms with Crippen LogP contribution in [0.4, 0.5) is 0 Å². The average Bonchev–Trinajstić information content (AvgIpc) is 2.73. The number of carbonyl (C=O) groups is 1. The molecule has 16 heavy (non-hydrogen) atoms. The molecule has 0 aromatic carbocycles. The number of aromatic nitrogens is 1. The summed E-state index contributed by atoms with van der Waals surface area (Å²) in [5.41, 5.74) is 2.77. The van der Waals surface area contributed by atoms with Gasteiger partial charge in [0.25, 0.3) is 0 Å². The van der Waals surface area contributed by atoms with E-state index in [1.54, 1.807) is 0 Å². The summed E-state index contributed by atoms with van der Waals surface area (Å²) in [7, 11) is 0. The first-order valence-electron chi connectivity index (χ1n) is 6.00. The average molecular weight is 216 g/mol. The number of pyridine rings is 1. The summed E-state index contributed by atoms with van der Waals surface area (Å²) >= 11 is 0. The molecule has 3 nitrogen and oxygen atoms in total. The molecular formula is C13H16N2O. The van der Waals surface area contributed by atoms with Gasteiger partial charge in [0.1, 0.15) is 5.78 Å². The highest BCUT2D eigenvalue weighted by molar-refractivity contribution is 5.79. The molecule has 84 valence electrons. The third-order valence-electron chi connectivity index (χ3n) is 3.78. The molecule has 0 radical (unpaired) electrons. The Hall–Kier alpha value is -1.22. The van der Waals surface area contributed by atoms with E-state index in [1.807, 2.05) is 12.4 Å². The quantitative estimate of drug-likeness (QED) is 0.719. The summed E-state index contributed by atoms with van der Waals surface area (Å²) in [5, 5.41) is 0. The van der Waals surface area contributed by atoms with Crippen LogP contribution < -0.4 is 0 Å². The van der Waals surface area contributed by atoms with E-state index in [2.05, 4.69) is 16.0 Å². The van der Waals surface area contributed by atoms with E-state index in [9.17, 15) is 4.79 Å². The lowest BCUT2D eigenvalue weighted by Gasteiger charge is -2.30. The van der Waals surface area contributed by atoms with Gasteiger partial charge in [-0.1, -0.05) is 0 Å². The summed E-state index contributed by atoms with van der Waals surface area (Å²) in [5.74, 6) is 0.439. The van der Waals surface area contributed by atoms with Crippen molar-refractivity contribution < 1.29 is 4.79 Å². The lowest BCUT2D eigenvalue weighted by Crippen LogP contribution is -2.34. The van der Waals surface area contributed by atoms with Crippen LogP contribution in [0.15, 0.2) is 18.5 Å². The molecule has 0 spiro atoms. The Labute approximate surface area is 95.5 Å². The Balaban J connectivity index is 1.69. The minimum Gasteiger partial charge on any atom is -0.300 e. The Morgan fingerprint density at radius 2 is 1.94 bits per heavy atom. The molecule has 1 aromatic rings. The number of nitrogens with zero attached hydrogens (tertiary/aromatic N) is 2. The number of hydrogen-bond donors (Lipinski definition) is 0. The van der Waals surface area contributed by atoms with Crippen LogP contribution in [0.5, 0.6) is 0 Å². The molecule has 1 aliphatic heterocycles. The smallest absolute Gasteiger partial charge is 0.133 e. The number of carbonyl (C=O) groups excluding carboxylic acids is 1. The minimum atomic E-state index is 0.439. The largest absolute Gasteiger partial charge is 0.300 e. The molecule has 1 saturated carbocycles. The van der Waals surface area contributed by atoms with Crippen LogP contribution in [0.3, 0.4) is 0 Å². The van der Waals surface area contributed by atoms with E-state index < -0.39 is 0 Å². The SMILES string of the molecule is O=C1CCC(N2Cc3ccncc3C2)CC1. The maximum Gasteiger partial charge on any atom is 0.133 e. The van der Waals surface area contributed by atoms with Crippen molar-refractivity contribution >= 4 is 5.78 Å². The van der Waals surface area contributed by atoms with Crippen molar-refractivity contribution in [3.8, 4) is 0 Å². The molecule has 3 rings (SSSR count). The maximum atomic E-state index is 11.2. The summed E-state index contributed by atoms with van der Waals surface area (Å²) in [6.07, 6.45) is 7.47. The standard InChI is InChI=1S/C13H16N2O/c16-13-3-1-12(2-4-13)15-8-10-5-6-14-7-11(10)9-15/h5-7,12H,1-4,8-9H2. The van der Waals surface area contributed by atoms with Gasteiger partial charge in [0.2, 0.25) is 0 Å². The van der Waals surface area contributed by atoms with E-state index in [-0.39, 0.29) is 0 Å². The number of rotatable bonds is 1. The van der Waals surface area contributed by atoms with Crippen molar-refractivity contribution in [1.82, 2.24) is 9.88 Å². The molecule has 2 aliphatic rings. The fraction of sp³-hybridized carbons (Fsp3) is 0.538. The highest BCUT2D eigenvalue weighted by Gasteiger charge is 2.28. The molecule has 1 aromatic heterocycles. The lowest BCUT2D eigenvalue weighted by molar-refractivity contribution is -0.121. The number of Topliss-reactive ketones (excluding diaryl/α,β-unsaturated/α-hetero) is 1. The van der Waals surface area contributed by atoms with E-state index in [4.69, 9.17) is 0 Å². The monoisotopic (exact) mass is 216 g/mol. The molecule has 3 heteroatoms. The number of fused-ring (bicyclic) bond motifs is 1. The van der Waals surface area contributed by atoms with E-state index in [0.717, 1.165) is 38.8 Å². The molecule has 0 amide bonds. The van der Waals surface area contributed by atoms with Gasteiger partial charge in [-0.3, -0.25) is 14.7 Å². The van der Waals surface area contributed by atoms with Crippen molar-refractivity contribution in [3.63, 3.8) is 0 Å². The van der Waals surface area contributed by atoms with Crippen LogP contribution in [0.1, 0.15) is 36.8 Å². The normalized spacial score (nSPS) is 22.4. The minimum absolute atomic E-state index is 0.439. The molecule has 0 atom stereocenters. The first-order chi connectivity index (χ1) is 7.83. The van der Waals surface area contributed by atoms with Crippen LogP contribution in [0, 0.1) is 0 Å². The van der Waals surface area contributed by atoms with Crippen molar-refractivity contribution in [2.24, 2.45) is 0 Å². The number of ketones is 1. The Morgan fingerprint density at radius 3 is 2.69 bits per heavy atom. The van der Waals surface area contributed by atoms with E-state index in [1.165, 1.54) is 11.1 Å². The Bertz CT molecular complexity index is 381.